The van der Waals surface area contributed by atoms with Crippen LogP contribution in [-0.2, 0) is 4.79 Å². The van der Waals surface area contributed by atoms with Crippen LogP contribution in [0.1, 0.15) is 31.1 Å². The predicted molar refractivity (Wildman–Crippen MR) is 104 cm³/mol. The number of para-hydroxylation sites is 1. The number of anilines is 1. The summed E-state index contributed by atoms with van der Waals surface area (Å²) in [5.41, 5.74) is 0.977. The Morgan fingerprint density at radius 2 is 1.73 bits per heavy atom. The molecule has 2 amide bonds. The zero-order chi connectivity index (χ0) is 19.1. The van der Waals surface area contributed by atoms with Gasteiger partial charge in [-0.25, -0.2) is 0 Å². The number of hydrogen-bond acceptors (Lipinski definition) is 3. The topological polar surface area (TPSA) is 67.4 Å². The van der Waals surface area contributed by atoms with Crippen molar-refractivity contribution >= 4 is 29.1 Å². The van der Waals surface area contributed by atoms with Gasteiger partial charge in [0.05, 0.1) is 17.3 Å². The Morgan fingerprint density at radius 3 is 2.31 bits per heavy atom. The van der Waals surface area contributed by atoms with E-state index < -0.39 is 6.04 Å². The SMILES string of the molecule is CCOc1ccc(C(=O)N[C@@H](C(=O)Nc2ccccc2Cl)C(C)C)cc1. The Balaban J connectivity index is 2.08. The Morgan fingerprint density at radius 1 is 1.08 bits per heavy atom. The number of carbonyl (C=O) groups excluding carboxylic acids is 2. The summed E-state index contributed by atoms with van der Waals surface area (Å²) in [6.07, 6.45) is 0. The smallest absolute Gasteiger partial charge is 0.251 e. The number of halogens is 1. The molecule has 0 bridgehead atoms. The fourth-order valence-corrected chi connectivity index (χ4v) is 2.58. The van der Waals surface area contributed by atoms with Crippen LogP contribution in [0.4, 0.5) is 5.69 Å². The summed E-state index contributed by atoms with van der Waals surface area (Å²) < 4.78 is 5.37. The van der Waals surface area contributed by atoms with Crippen molar-refractivity contribution in [3.63, 3.8) is 0 Å². The number of amides is 2. The molecule has 2 aromatic rings. The van der Waals surface area contributed by atoms with Gasteiger partial charge in [-0.3, -0.25) is 9.59 Å². The zero-order valence-corrected chi connectivity index (χ0v) is 15.8. The van der Waals surface area contributed by atoms with Crippen LogP contribution in [0, 0.1) is 5.92 Å². The van der Waals surface area contributed by atoms with Crippen LogP contribution in [0.3, 0.4) is 0 Å². The highest BCUT2D eigenvalue weighted by molar-refractivity contribution is 6.33. The average molecular weight is 375 g/mol. The highest BCUT2D eigenvalue weighted by atomic mass is 35.5. The molecular formula is C20H23ClN2O3. The maximum Gasteiger partial charge on any atom is 0.251 e. The van der Waals surface area contributed by atoms with Crippen LogP contribution in [0.25, 0.3) is 0 Å². The molecule has 0 aromatic heterocycles. The van der Waals surface area contributed by atoms with Crippen molar-refractivity contribution in [3.8, 4) is 5.75 Å². The fraction of sp³-hybridized carbons (Fsp3) is 0.300. The summed E-state index contributed by atoms with van der Waals surface area (Å²) in [5, 5.41) is 6.00. The van der Waals surface area contributed by atoms with Gasteiger partial charge < -0.3 is 15.4 Å². The second-order valence-corrected chi connectivity index (χ2v) is 6.53. The van der Waals surface area contributed by atoms with Gasteiger partial charge in [-0.15, -0.1) is 0 Å². The Kier molecular flexibility index (Phi) is 7.04. The Labute approximate surface area is 158 Å². The van der Waals surface area contributed by atoms with Crippen molar-refractivity contribution < 1.29 is 14.3 Å². The monoisotopic (exact) mass is 374 g/mol. The lowest BCUT2D eigenvalue weighted by molar-refractivity contribution is -0.118. The van der Waals surface area contributed by atoms with Gasteiger partial charge in [0, 0.05) is 5.56 Å². The number of benzene rings is 2. The molecule has 0 radical (unpaired) electrons. The van der Waals surface area contributed by atoms with Crippen molar-refractivity contribution in [1.82, 2.24) is 5.32 Å². The predicted octanol–water partition coefficient (Wildman–Crippen LogP) is 4.13. The summed E-state index contributed by atoms with van der Waals surface area (Å²) in [6, 6.07) is 13.1. The third kappa shape index (κ3) is 5.23. The standard InChI is InChI=1S/C20H23ClN2O3/c1-4-26-15-11-9-14(10-12-15)19(24)23-18(13(2)3)20(25)22-17-8-6-5-7-16(17)21/h5-13,18H,4H2,1-3H3,(H,22,25)(H,23,24)/t18-/m1/s1. The largest absolute Gasteiger partial charge is 0.494 e. The molecule has 2 aromatic carbocycles. The molecule has 0 aliphatic carbocycles. The first-order chi connectivity index (χ1) is 12.4. The molecule has 0 spiro atoms. The van der Waals surface area contributed by atoms with Crippen molar-refractivity contribution in [1.29, 1.82) is 0 Å². The molecule has 0 unspecified atom stereocenters. The van der Waals surface area contributed by atoms with Gasteiger partial charge in [0.15, 0.2) is 0 Å². The molecule has 0 heterocycles. The lowest BCUT2D eigenvalue weighted by Crippen LogP contribution is -2.47. The summed E-state index contributed by atoms with van der Waals surface area (Å²) in [7, 11) is 0. The number of nitrogens with one attached hydrogen (secondary N) is 2. The number of rotatable bonds is 7. The molecule has 2 N–H and O–H groups in total. The molecule has 0 fully saturated rings. The van der Waals surface area contributed by atoms with E-state index in [1.165, 1.54) is 0 Å². The third-order valence-corrected chi connectivity index (χ3v) is 4.12. The molecule has 138 valence electrons. The van der Waals surface area contributed by atoms with E-state index >= 15 is 0 Å². The lowest BCUT2D eigenvalue weighted by atomic mass is 10.0. The van der Waals surface area contributed by atoms with Gasteiger partial charge in [0.2, 0.25) is 5.91 Å². The van der Waals surface area contributed by atoms with E-state index in [-0.39, 0.29) is 17.7 Å². The average Bonchev–Trinajstić information content (AvgIpc) is 2.62. The van der Waals surface area contributed by atoms with Crippen molar-refractivity contribution in [2.45, 2.75) is 26.8 Å². The van der Waals surface area contributed by atoms with E-state index in [1.807, 2.05) is 20.8 Å². The normalized spacial score (nSPS) is 11.7. The first-order valence-corrected chi connectivity index (χ1v) is 8.89. The highest BCUT2D eigenvalue weighted by Crippen LogP contribution is 2.21. The number of carbonyl (C=O) groups is 2. The van der Waals surface area contributed by atoms with Crippen molar-refractivity contribution in [3.05, 3.63) is 59.1 Å². The van der Waals surface area contributed by atoms with Gasteiger partial charge in [-0.05, 0) is 49.2 Å². The van der Waals surface area contributed by atoms with E-state index in [9.17, 15) is 9.59 Å². The van der Waals surface area contributed by atoms with E-state index in [4.69, 9.17) is 16.3 Å². The first kappa shape index (κ1) is 19.8. The summed E-state index contributed by atoms with van der Waals surface area (Å²) >= 11 is 6.08. The quantitative estimate of drug-likeness (QED) is 0.765. The van der Waals surface area contributed by atoms with Crippen LogP contribution in [0.2, 0.25) is 5.02 Å². The molecule has 0 saturated carbocycles. The summed E-state index contributed by atoms with van der Waals surface area (Å²) in [6.45, 7) is 6.19. The van der Waals surface area contributed by atoms with Gasteiger partial charge in [0.25, 0.3) is 5.91 Å². The van der Waals surface area contributed by atoms with Crippen LogP contribution >= 0.6 is 11.6 Å². The van der Waals surface area contributed by atoms with Crippen molar-refractivity contribution in [2.75, 3.05) is 11.9 Å². The zero-order valence-electron chi connectivity index (χ0n) is 15.1. The molecule has 26 heavy (non-hydrogen) atoms. The number of hydrogen-bond donors (Lipinski definition) is 2. The Hall–Kier alpha value is -2.53. The minimum Gasteiger partial charge on any atom is -0.494 e. The van der Waals surface area contributed by atoms with E-state index in [1.54, 1.807) is 48.5 Å². The number of ether oxygens (including phenoxy) is 1. The van der Waals surface area contributed by atoms with Crippen LogP contribution in [-0.4, -0.2) is 24.5 Å². The second kappa shape index (κ2) is 9.25. The first-order valence-electron chi connectivity index (χ1n) is 8.51. The molecule has 6 heteroatoms. The van der Waals surface area contributed by atoms with Crippen LogP contribution < -0.4 is 15.4 Å². The van der Waals surface area contributed by atoms with Gasteiger partial charge in [-0.2, -0.15) is 0 Å². The highest BCUT2D eigenvalue weighted by Gasteiger charge is 2.25. The maximum absolute atomic E-state index is 12.6. The van der Waals surface area contributed by atoms with Gasteiger partial charge in [0.1, 0.15) is 11.8 Å². The lowest BCUT2D eigenvalue weighted by Gasteiger charge is -2.22. The molecule has 2 rings (SSSR count). The summed E-state index contributed by atoms with van der Waals surface area (Å²) in [4.78, 5) is 25.1. The second-order valence-electron chi connectivity index (χ2n) is 6.12. The Bertz CT molecular complexity index is 760. The fourth-order valence-electron chi connectivity index (χ4n) is 2.40. The van der Waals surface area contributed by atoms with E-state index in [0.29, 0.717) is 28.6 Å². The van der Waals surface area contributed by atoms with E-state index in [0.717, 1.165) is 0 Å². The molecular weight excluding hydrogens is 352 g/mol. The molecule has 5 nitrogen and oxygen atoms in total. The molecule has 1 atom stereocenters. The van der Waals surface area contributed by atoms with Gasteiger partial charge in [-0.1, -0.05) is 37.6 Å². The van der Waals surface area contributed by atoms with Crippen molar-refractivity contribution in [2.24, 2.45) is 5.92 Å². The van der Waals surface area contributed by atoms with Crippen LogP contribution in [0.15, 0.2) is 48.5 Å². The summed E-state index contributed by atoms with van der Waals surface area (Å²) in [5.74, 6) is -0.0292. The molecule has 0 aliphatic rings. The molecule has 0 saturated heterocycles. The third-order valence-electron chi connectivity index (χ3n) is 3.79. The minimum absolute atomic E-state index is 0.0934. The minimum atomic E-state index is -0.689. The van der Waals surface area contributed by atoms with Gasteiger partial charge >= 0.3 is 0 Å². The molecule has 0 aliphatic heterocycles. The van der Waals surface area contributed by atoms with Crippen LogP contribution in [0.5, 0.6) is 5.75 Å². The maximum atomic E-state index is 12.6. The van der Waals surface area contributed by atoms with E-state index in [2.05, 4.69) is 10.6 Å².